The molecule has 1 aliphatic rings. The maximum absolute atomic E-state index is 5.95. The Hall–Kier alpha value is -0.860. The summed E-state index contributed by atoms with van der Waals surface area (Å²) in [5.41, 5.74) is 8.48. The third-order valence-electron chi connectivity index (χ3n) is 3.05. The van der Waals surface area contributed by atoms with Crippen LogP contribution in [0.2, 0.25) is 0 Å². The van der Waals surface area contributed by atoms with E-state index in [1.807, 2.05) is 0 Å². The lowest BCUT2D eigenvalue weighted by Gasteiger charge is -2.16. The number of nitrogens with two attached hydrogens (primary N) is 1. The van der Waals surface area contributed by atoms with Gasteiger partial charge in [-0.1, -0.05) is 29.8 Å². The normalized spacial score (nSPS) is 25.7. The van der Waals surface area contributed by atoms with Crippen LogP contribution in [0, 0.1) is 6.92 Å². The lowest BCUT2D eigenvalue weighted by molar-refractivity contribution is 0.0357. The fourth-order valence-electron chi connectivity index (χ4n) is 2.17. The first kappa shape index (κ1) is 10.7. The molecule has 0 heterocycles. The van der Waals surface area contributed by atoms with Crippen molar-refractivity contribution in [2.24, 2.45) is 5.73 Å². The molecule has 2 N–H and O–H groups in total. The maximum atomic E-state index is 5.95. The van der Waals surface area contributed by atoms with Crippen molar-refractivity contribution in [1.29, 1.82) is 0 Å². The summed E-state index contributed by atoms with van der Waals surface area (Å²) < 4.78 is 5.83. The molecular weight excluding hydrogens is 186 g/mol. The molecule has 0 aromatic heterocycles. The van der Waals surface area contributed by atoms with Crippen LogP contribution < -0.4 is 5.73 Å². The minimum atomic E-state index is 0.245. The van der Waals surface area contributed by atoms with Gasteiger partial charge in [0, 0.05) is 6.04 Å². The summed E-state index contributed by atoms with van der Waals surface area (Å²) in [7, 11) is 0. The van der Waals surface area contributed by atoms with E-state index in [4.69, 9.17) is 10.5 Å². The average molecular weight is 205 g/mol. The molecule has 2 atom stereocenters. The Kier molecular flexibility index (Phi) is 3.39. The minimum Gasteiger partial charge on any atom is -0.372 e. The van der Waals surface area contributed by atoms with Gasteiger partial charge in [0.2, 0.25) is 0 Å². The molecule has 82 valence electrons. The fraction of sp³-hybridized carbons (Fsp3) is 0.538. The summed E-state index contributed by atoms with van der Waals surface area (Å²) in [6.07, 6.45) is 3.70. The zero-order valence-corrected chi connectivity index (χ0v) is 9.28. The van der Waals surface area contributed by atoms with Gasteiger partial charge < -0.3 is 10.5 Å². The molecule has 1 aromatic rings. The van der Waals surface area contributed by atoms with Gasteiger partial charge in [-0.2, -0.15) is 0 Å². The van der Waals surface area contributed by atoms with Crippen LogP contribution in [0.3, 0.4) is 0 Å². The van der Waals surface area contributed by atoms with E-state index in [1.165, 1.54) is 17.5 Å². The second-order valence-electron chi connectivity index (χ2n) is 4.43. The van der Waals surface area contributed by atoms with Crippen LogP contribution in [-0.2, 0) is 11.3 Å². The Morgan fingerprint density at radius 3 is 2.93 bits per heavy atom. The number of hydrogen-bond donors (Lipinski definition) is 1. The van der Waals surface area contributed by atoms with Gasteiger partial charge >= 0.3 is 0 Å². The summed E-state index contributed by atoms with van der Waals surface area (Å²) in [4.78, 5) is 0. The first-order chi connectivity index (χ1) is 7.25. The van der Waals surface area contributed by atoms with Crippen molar-refractivity contribution in [3.63, 3.8) is 0 Å². The summed E-state index contributed by atoms with van der Waals surface area (Å²) in [5, 5.41) is 0. The van der Waals surface area contributed by atoms with Crippen molar-refractivity contribution in [2.45, 2.75) is 44.9 Å². The molecule has 1 aliphatic carbocycles. The lowest BCUT2D eigenvalue weighted by atomic mass is 10.1. The van der Waals surface area contributed by atoms with E-state index in [2.05, 4.69) is 31.2 Å². The zero-order chi connectivity index (χ0) is 10.7. The molecule has 1 unspecified atom stereocenters. The van der Waals surface area contributed by atoms with Gasteiger partial charge in [-0.15, -0.1) is 0 Å². The van der Waals surface area contributed by atoms with E-state index < -0.39 is 0 Å². The van der Waals surface area contributed by atoms with Crippen LogP contribution in [-0.4, -0.2) is 12.1 Å². The number of aryl methyl sites for hydroxylation is 1. The number of hydrogen-bond acceptors (Lipinski definition) is 2. The number of ether oxygens (including phenoxy) is 1. The molecule has 1 fully saturated rings. The largest absolute Gasteiger partial charge is 0.372 e. The quantitative estimate of drug-likeness (QED) is 0.822. The molecule has 0 radical (unpaired) electrons. The first-order valence-corrected chi connectivity index (χ1v) is 5.68. The van der Waals surface area contributed by atoms with Crippen LogP contribution in [0.25, 0.3) is 0 Å². The molecule has 0 bridgehead atoms. The summed E-state index contributed by atoms with van der Waals surface area (Å²) in [6.45, 7) is 2.80. The molecule has 15 heavy (non-hydrogen) atoms. The Morgan fingerprint density at radius 1 is 1.40 bits per heavy atom. The highest BCUT2D eigenvalue weighted by Gasteiger charge is 2.24. The second kappa shape index (κ2) is 4.77. The highest BCUT2D eigenvalue weighted by molar-refractivity contribution is 5.21. The lowest BCUT2D eigenvalue weighted by Crippen LogP contribution is -2.31. The molecule has 0 amide bonds. The summed E-state index contributed by atoms with van der Waals surface area (Å²) >= 11 is 0. The maximum Gasteiger partial charge on any atom is 0.0730 e. The number of benzene rings is 1. The van der Waals surface area contributed by atoms with E-state index in [0.29, 0.717) is 6.61 Å². The van der Waals surface area contributed by atoms with Crippen LogP contribution in [0.5, 0.6) is 0 Å². The predicted octanol–water partition coefficient (Wildman–Crippen LogP) is 2.39. The molecule has 1 aromatic carbocycles. The van der Waals surface area contributed by atoms with Gasteiger partial charge in [0.25, 0.3) is 0 Å². The van der Waals surface area contributed by atoms with Crippen LogP contribution in [0.15, 0.2) is 24.3 Å². The Morgan fingerprint density at radius 2 is 2.27 bits per heavy atom. The van der Waals surface area contributed by atoms with Crippen molar-refractivity contribution in [2.75, 3.05) is 0 Å². The molecule has 0 aliphatic heterocycles. The van der Waals surface area contributed by atoms with Crippen LogP contribution in [0.1, 0.15) is 30.4 Å². The highest BCUT2D eigenvalue weighted by atomic mass is 16.5. The summed E-state index contributed by atoms with van der Waals surface area (Å²) in [6, 6.07) is 8.69. The monoisotopic (exact) mass is 205 g/mol. The smallest absolute Gasteiger partial charge is 0.0730 e. The third-order valence-corrected chi connectivity index (χ3v) is 3.05. The van der Waals surface area contributed by atoms with Gasteiger partial charge in [-0.05, 0) is 31.7 Å². The van der Waals surface area contributed by atoms with Crippen LogP contribution >= 0.6 is 0 Å². The standard InChI is InChI=1S/C13H19NO/c1-10-4-2-5-11(8-10)9-15-13-7-3-6-12(13)14/h2,4-5,8,12-13H,3,6-7,9,14H2,1H3/t12-,13?/m0/s1. The predicted molar refractivity (Wildman–Crippen MR) is 61.6 cm³/mol. The molecular formula is C13H19NO. The van der Waals surface area contributed by atoms with Gasteiger partial charge in [0.1, 0.15) is 0 Å². The zero-order valence-electron chi connectivity index (χ0n) is 9.28. The average Bonchev–Trinajstić information content (AvgIpc) is 2.61. The second-order valence-corrected chi connectivity index (χ2v) is 4.43. The van der Waals surface area contributed by atoms with Crippen molar-refractivity contribution in [1.82, 2.24) is 0 Å². The number of rotatable bonds is 3. The van der Waals surface area contributed by atoms with Crippen molar-refractivity contribution in [3.8, 4) is 0 Å². The molecule has 2 nitrogen and oxygen atoms in total. The van der Waals surface area contributed by atoms with Gasteiger partial charge in [-0.3, -0.25) is 0 Å². The van der Waals surface area contributed by atoms with E-state index in [-0.39, 0.29) is 12.1 Å². The Bertz CT molecular complexity index is 324. The fourth-order valence-corrected chi connectivity index (χ4v) is 2.17. The Labute approximate surface area is 91.4 Å². The van der Waals surface area contributed by atoms with E-state index >= 15 is 0 Å². The van der Waals surface area contributed by atoms with Crippen molar-refractivity contribution in [3.05, 3.63) is 35.4 Å². The van der Waals surface area contributed by atoms with E-state index in [0.717, 1.165) is 12.8 Å². The minimum absolute atomic E-state index is 0.245. The van der Waals surface area contributed by atoms with Crippen molar-refractivity contribution >= 4 is 0 Å². The molecule has 1 saturated carbocycles. The van der Waals surface area contributed by atoms with Gasteiger partial charge in [-0.25, -0.2) is 0 Å². The topological polar surface area (TPSA) is 35.2 Å². The summed E-state index contributed by atoms with van der Waals surface area (Å²) in [5.74, 6) is 0. The SMILES string of the molecule is Cc1cccc(COC2CCC[C@@H]2N)c1. The van der Waals surface area contributed by atoms with Gasteiger partial charge in [0.15, 0.2) is 0 Å². The van der Waals surface area contributed by atoms with Crippen LogP contribution in [0.4, 0.5) is 0 Å². The van der Waals surface area contributed by atoms with E-state index in [1.54, 1.807) is 0 Å². The first-order valence-electron chi connectivity index (χ1n) is 5.68. The molecule has 0 spiro atoms. The Balaban J connectivity index is 1.87. The molecule has 2 heteroatoms. The van der Waals surface area contributed by atoms with Crippen molar-refractivity contribution < 1.29 is 4.74 Å². The highest BCUT2D eigenvalue weighted by Crippen LogP contribution is 2.21. The molecule has 2 rings (SSSR count). The van der Waals surface area contributed by atoms with Gasteiger partial charge in [0.05, 0.1) is 12.7 Å². The third kappa shape index (κ3) is 2.80. The molecule has 0 saturated heterocycles. The van der Waals surface area contributed by atoms with E-state index in [9.17, 15) is 0 Å².